The van der Waals surface area contributed by atoms with Gasteiger partial charge >= 0.3 is 0 Å². The highest BCUT2D eigenvalue weighted by Crippen LogP contribution is 2.58. The van der Waals surface area contributed by atoms with Gasteiger partial charge < -0.3 is 20.1 Å². The molecule has 0 unspecified atom stereocenters. The maximum atomic E-state index is 12.0. The molecule has 1 aromatic carbocycles. The number of phenols is 2. The number of aldehydes is 2. The van der Waals surface area contributed by atoms with Crippen LogP contribution in [0, 0.1) is 17.8 Å². The van der Waals surface area contributed by atoms with Gasteiger partial charge in [-0.05, 0) is 64.7 Å². The van der Waals surface area contributed by atoms with E-state index in [1.807, 2.05) is 19.1 Å². The van der Waals surface area contributed by atoms with Crippen LogP contribution in [0.15, 0.2) is 24.3 Å². The van der Waals surface area contributed by atoms with Gasteiger partial charge in [-0.3, -0.25) is 9.59 Å². The largest absolute Gasteiger partial charge is 0.507 e. The van der Waals surface area contributed by atoms with Gasteiger partial charge in [-0.1, -0.05) is 38.2 Å². The van der Waals surface area contributed by atoms with E-state index in [4.69, 9.17) is 4.74 Å². The van der Waals surface area contributed by atoms with Crippen molar-refractivity contribution in [1.29, 1.82) is 0 Å². The predicted molar refractivity (Wildman–Crippen MR) is 132 cm³/mol. The lowest BCUT2D eigenvalue weighted by Crippen LogP contribution is -2.50. The van der Waals surface area contributed by atoms with Gasteiger partial charge in [0.15, 0.2) is 12.6 Å². The van der Waals surface area contributed by atoms with Crippen molar-refractivity contribution in [2.24, 2.45) is 17.8 Å². The van der Waals surface area contributed by atoms with Gasteiger partial charge in [-0.15, -0.1) is 0 Å². The van der Waals surface area contributed by atoms with Crippen molar-refractivity contribution in [1.82, 2.24) is 0 Å². The number of rotatable bonds is 5. The molecule has 1 aliphatic heterocycles. The zero-order valence-electron chi connectivity index (χ0n) is 20.9. The summed E-state index contributed by atoms with van der Waals surface area (Å²) < 4.78 is 6.54. The normalized spacial score (nSPS) is 28.4. The SMILES string of the molecule is C=C1/C=C/[C@H](C(C)(C)O)C[C@H]2[C@@H](CC(C)C)c3c(O)c(C=O)c(O)c(C=O)c3O[C@]2(C)CCC1. The van der Waals surface area contributed by atoms with Gasteiger partial charge in [0.25, 0.3) is 0 Å². The second kappa shape index (κ2) is 9.57. The van der Waals surface area contributed by atoms with Crippen molar-refractivity contribution < 1.29 is 29.6 Å². The maximum Gasteiger partial charge on any atom is 0.157 e. The third-order valence-corrected chi connectivity index (χ3v) is 7.60. The first-order valence-electron chi connectivity index (χ1n) is 12.1. The van der Waals surface area contributed by atoms with Gasteiger partial charge in [0, 0.05) is 17.4 Å². The molecule has 0 bridgehead atoms. The van der Waals surface area contributed by atoms with E-state index < -0.39 is 17.0 Å². The standard InChI is InChI=1S/C28H38O6/c1-16(2)12-19-22-13-18(27(4,5)33)10-9-17(3)8-7-11-28(22,6)34-26-21(15-30)24(31)20(14-29)25(32)23(19)26/h9-10,14-16,18-19,22,31-33H,3,7-8,11-13H2,1-2,4-6H3/b10-9+/t18-,19+,22-,28+/m0/s1. The van der Waals surface area contributed by atoms with E-state index in [0.717, 1.165) is 18.4 Å². The van der Waals surface area contributed by atoms with Crippen LogP contribution >= 0.6 is 0 Å². The fourth-order valence-electron chi connectivity index (χ4n) is 5.69. The minimum atomic E-state index is -1.00. The van der Waals surface area contributed by atoms with Crippen molar-refractivity contribution in [2.45, 2.75) is 83.8 Å². The highest BCUT2D eigenvalue weighted by Gasteiger charge is 2.50. The number of aliphatic hydroxyl groups is 1. The zero-order chi connectivity index (χ0) is 25.4. The summed E-state index contributed by atoms with van der Waals surface area (Å²) in [6, 6.07) is 0. The summed E-state index contributed by atoms with van der Waals surface area (Å²) in [7, 11) is 0. The summed E-state index contributed by atoms with van der Waals surface area (Å²) in [5.74, 6) is -1.05. The molecule has 2 aliphatic rings. The van der Waals surface area contributed by atoms with Crippen LogP contribution in [0.25, 0.3) is 0 Å². The molecule has 0 saturated heterocycles. The number of ether oxygens (including phenoxy) is 1. The highest BCUT2D eigenvalue weighted by molar-refractivity contribution is 5.95. The van der Waals surface area contributed by atoms with E-state index >= 15 is 0 Å². The molecular formula is C28H38O6. The molecule has 0 aromatic heterocycles. The number of hydrogen-bond acceptors (Lipinski definition) is 6. The molecule has 34 heavy (non-hydrogen) atoms. The summed E-state index contributed by atoms with van der Waals surface area (Å²) in [4.78, 5) is 23.8. The number of carbonyl (C=O) groups excluding carboxylic acids is 2. The highest BCUT2D eigenvalue weighted by atomic mass is 16.5. The van der Waals surface area contributed by atoms with E-state index in [1.54, 1.807) is 13.8 Å². The number of aromatic hydroxyl groups is 2. The molecule has 186 valence electrons. The van der Waals surface area contributed by atoms with Crippen molar-refractivity contribution >= 4 is 12.6 Å². The molecular weight excluding hydrogens is 432 g/mol. The van der Waals surface area contributed by atoms with Crippen molar-refractivity contribution in [3.63, 3.8) is 0 Å². The average Bonchev–Trinajstić information content (AvgIpc) is 2.71. The van der Waals surface area contributed by atoms with Crippen LogP contribution in [0.4, 0.5) is 0 Å². The molecule has 4 atom stereocenters. The summed E-state index contributed by atoms with van der Waals surface area (Å²) in [6.45, 7) is 13.9. The first-order valence-corrected chi connectivity index (χ1v) is 12.1. The Labute approximate surface area is 202 Å². The van der Waals surface area contributed by atoms with E-state index in [2.05, 4.69) is 20.4 Å². The lowest BCUT2D eigenvalue weighted by atomic mass is 9.63. The summed E-state index contributed by atoms with van der Waals surface area (Å²) >= 11 is 0. The molecule has 1 aromatic rings. The van der Waals surface area contributed by atoms with Crippen LogP contribution in [0.2, 0.25) is 0 Å². The molecule has 0 amide bonds. The molecule has 1 aliphatic carbocycles. The van der Waals surface area contributed by atoms with Crippen molar-refractivity contribution in [2.75, 3.05) is 0 Å². The Morgan fingerprint density at radius 2 is 1.85 bits per heavy atom. The fraction of sp³-hybridized carbons (Fsp3) is 0.571. The predicted octanol–water partition coefficient (Wildman–Crippen LogP) is 5.69. The third kappa shape index (κ3) is 4.78. The molecule has 3 N–H and O–H groups in total. The van der Waals surface area contributed by atoms with E-state index in [0.29, 0.717) is 37.4 Å². The summed E-state index contributed by atoms with van der Waals surface area (Å²) in [6.07, 6.45) is 8.38. The minimum absolute atomic E-state index is 0.108. The lowest BCUT2D eigenvalue weighted by Gasteiger charge is -2.50. The Morgan fingerprint density at radius 1 is 1.21 bits per heavy atom. The quantitative estimate of drug-likeness (QED) is 0.477. The van der Waals surface area contributed by atoms with Crippen LogP contribution in [-0.2, 0) is 0 Å². The average molecular weight is 471 g/mol. The van der Waals surface area contributed by atoms with E-state index in [9.17, 15) is 24.9 Å². The van der Waals surface area contributed by atoms with Gasteiger partial charge in [0.2, 0.25) is 0 Å². The maximum absolute atomic E-state index is 12.0. The smallest absolute Gasteiger partial charge is 0.157 e. The summed E-state index contributed by atoms with van der Waals surface area (Å²) in [5.41, 5.74) is -0.746. The molecule has 0 spiro atoms. The first kappa shape index (κ1) is 26.0. The molecule has 0 fully saturated rings. The number of phenolic OH excluding ortho intramolecular Hbond substituents is 2. The minimum Gasteiger partial charge on any atom is -0.507 e. The summed E-state index contributed by atoms with van der Waals surface area (Å²) in [5, 5.41) is 32.7. The number of allylic oxidation sites excluding steroid dienone is 2. The van der Waals surface area contributed by atoms with Crippen LogP contribution in [0.1, 0.15) is 98.9 Å². The number of hydrogen-bond donors (Lipinski definition) is 3. The van der Waals surface area contributed by atoms with Gasteiger partial charge in [-0.2, -0.15) is 0 Å². The number of fused-ring (bicyclic) bond motifs is 2. The van der Waals surface area contributed by atoms with Crippen LogP contribution < -0.4 is 4.74 Å². The Hall–Kier alpha value is -2.60. The zero-order valence-corrected chi connectivity index (χ0v) is 20.9. The van der Waals surface area contributed by atoms with Gasteiger partial charge in [0.1, 0.15) is 22.8 Å². The van der Waals surface area contributed by atoms with Crippen molar-refractivity contribution in [3.05, 3.63) is 41.0 Å². The lowest BCUT2D eigenvalue weighted by molar-refractivity contribution is -0.0479. The van der Waals surface area contributed by atoms with Crippen LogP contribution in [-0.4, -0.2) is 39.1 Å². The Kier molecular flexibility index (Phi) is 7.32. The number of benzene rings is 1. The molecule has 0 radical (unpaired) electrons. The Bertz CT molecular complexity index is 999. The number of carbonyl (C=O) groups is 2. The molecule has 6 nitrogen and oxygen atoms in total. The van der Waals surface area contributed by atoms with E-state index in [1.165, 1.54) is 0 Å². The van der Waals surface area contributed by atoms with E-state index in [-0.39, 0.29) is 46.3 Å². The molecule has 0 saturated carbocycles. The monoisotopic (exact) mass is 470 g/mol. The second-order valence-corrected chi connectivity index (χ2v) is 11.1. The molecule has 3 rings (SSSR count). The Morgan fingerprint density at radius 3 is 2.41 bits per heavy atom. The second-order valence-electron chi connectivity index (χ2n) is 11.1. The van der Waals surface area contributed by atoms with Crippen LogP contribution in [0.5, 0.6) is 17.2 Å². The first-order chi connectivity index (χ1) is 15.8. The molecule has 6 heteroatoms. The van der Waals surface area contributed by atoms with Gasteiger partial charge in [-0.25, -0.2) is 0 Å². The molecule has 1 heterocycles. The van der Waals surface area contributed by atoms with Crippen molar-refractivity contribution in [3.8, 4) is 17.2 Å². The van der Waals surface area contributed by atoms with Crippen LogP contribution in [0.3, 0.4) is 0 Å². The Balaban J connectivity index is 2.31. The topological polar surface area (TPSA) is 104 Å². The van der Waals surface area contributed by atoms with Gasteiger partial charge in [0.05, 0.1) is 16.7 Å². The fourth-order valence-corrected chi connectivity index (χ4v) is 5.69. The third-order valence-electron chi connectivity index (χ3n) is 7.60.